The average molecular weight is 257 g/mol. The fourth-order valence-corrected chi connectivity index (χ4v) is 2.09. The highest BCUT2D eigenvalue weighted by molar-refractivity contribution is 4.80. The van der Waals surface area contributed by atoms with Crippen molar-refractivity contribution < 1.29 is 4.74 Å². The molecule has 0 aliphatic carbocycles. The Balaban J connectivity index is 4.37. The van der Waals surface area contributed by atoms with Crippen molar-refractivity contribution in [3.8, 4) is 0 Å². The first-order chi connectivity index (χ1) is 8.32. The molecule has 0 rings (SSSR count). The minimum absolute atomic E-state index is 0.396. The summed E-state index contributed by atoms with van der Waals surface area (Å²) >= 11 is 0. The van der Waals surface area contributed by atoms with E-state index in [1.807, 2.05) is 0 Å². The van der Waals surface area contributed by atoms with E-state index in [0.717, 1.165) is 25.5 Å². The minimum Gasteiger partial charge on any atom is -0.385 e. The number of methoxy groups -OCH3 is 1. The molecule has 0 aliphatic heterocycles. The van der Waals surface area contributed by atoms with Crippen LogP contribution in [0.3, 0.4) is 0 Å². The van der Waals surface area contributed by atoms with Crippen LogP contribution >= 0.6 is 0 Å². The smallest absolute Gasteiger partial charge is 0.0465 e. The van der Waals surface area contributed by atoms with Crippen LogP contribution in [0.4, 0.5) is 0 Å². The first-order valence-electron chi connectivity index (χ1n) is 7.55. The summed E-state index contributed by atoms with van der Waals surface area (Å²) in [5, 5.41) is 3.73. The van der Waals surface area contributed by atoms with Crippen molar-refractivity contribution in [2.45, 2.75) is 66.8 Å². The van der Waals surface area contributed by atoms with Gasteiger partial charge in [-0.3, -0.25) is 0 Å². The van der Waals surface area contributed by atoms with Gasteiger partial charge in [-0.1, -0.05) is 41.5 Å². The Labute approximate surface area is 115 Å². The molecule has 0 saturated heterocycles. The summed E-state index contributed by atoms with van der Waals surface area (Å²) in [5.74, 6) is 1.41. The van der Waals surface area contributed by atoms with Crippen molar-refractivity contribution >= 4 is 0 Å². The Hall–Kier alpha value is -0.0800. The minimum atomic E-state index is 0.396. The summed E-state index contributed by atoms with van der Waals surface area (Å²) in [6.07, 6.45) is 3.61. The van der Waals surface area contributed by atoms with Crippen molar-refractivity contribution in [2.75, 3.05) is 20.3 Å². The molecule has 0 aromatic heterocycles. The van der Waals surface area contributed by atoms with E-state index in [1.165, 1.54) is 12.8 Å². The average Bonchev–Trinajstić information content (AvgIpc) is 2.29. The zero-order valence-electron chi connectivity index (χ0n) is 13.7. The summed E-state index contributed by atoms with van der Waals surface area (Å²) in [6, 6.07) is 0.620. The van der Waals surface area contributed by atoms with Crippen LogP contribution in [-0.4, -0.2) is 26.3 Å². The van der Waals surface area contributed by atoms with Gasteiger partial charge in [0.25, 0.3) is 0 Å². The lowest BCUT2D eigenvalue weighted by Gasteiger charge is -2.34. The maximum Gasteiger partial charge on any atom is 0.0465 e. The first-order valence-corrected chi connectivity index (χ1v) is 7.55. The molecule has 110 valence electrons. The van der Waals surface area contributed by atoms with Gasteiger partial charge < -0.3 is 10.1 Å². The molecule has 18 heavy (non-hydrogen) atoms. The largest absolute Gasteiger partial charge is 0.385 e. The van der Waals surface area contributed by atoms with Crippen LogP contribution in [0.1, 0.15) is 60.8 Å². The van der Waals surface area contributed by atoms with E-state index in [1.54, 1.807) is 7.11 Å². The van der Waals surface area contributed by atoms with Gasteiger partial charge in [0.15, 0.2) is 0 Å². The molecule has 0 bridgehead atoms. The number of ether oxygens (including phenoxy) is 1. The molecule has 0 amide bonds. The van der Waals surface area contributed by atoms with Crippen molar-refractivity contribution in [1.29, 1.82) is 0 Å². The molecule has 0 saturated carbocycles. The summed E-state index contributed by atoms with van der Waals surface area (Å²) in [4.78, 5) is 0. The zero-order valence-corrected chi connectivity index (χ0v) is 13.7. The predicted octanol–water partition coefficient (Wildman–Crippen LogP) is 4.10. The maximum absolute atomic E-state index is 5.21. The fourth-order valence-electron chi connectivity index (χ4n) is 2.09. The Morgan fingerprint density at radius 1 is 1.17 bits per heavy atom. The highest BCUT2D eigenvalue weighted by Gasteiger charge is 2.26. The molecule has 0 aliphatic rings. The lowest BCUT2D eigenvalue weighted by atomic mass is 9.76. The fraction of sp³-hybridized carbons (Fsp3) is 1.00. The third-order valence-corrected chi connectivity index (χ3v) is 4.21. The van der Waals surface area contributed by atoms with Gasteiger partial charge >= 0.3 is 0 Å². The third kappa shape index (κ3) is 7.38. The molecule has 0 heterocycles. The lowest BCUT2D eigenvalue weighted by Crippen LogP contribution is -2.39. The molecule has 1 N–H and O–H groups in total. The summed E-state index contributed by atoms with van der Waals surface area (Å²) in [6.45, 7) is 16.0. The SMILES string of the molecule is CCCNC(CC(C)C(C)(C)C)C(C)CCOC. The second kappa shape index (κ2) is 8.92. The van der Waals surface area contributed by atoms with E-state index >= 15 is 0 Å². The topological polar surface area (TPSA) is 21.3 Å². The molecule has 3 atom stereocenters. The molecule has 3 unspecified atom stereocenters. The maximum atomic E-state index is 5.21. The number of hydrogen-bond donors (Lipinski definition) is 1. The Morgan fingerprint density at radius 2 is 1.78 bits per heavy atom. The second-order valence-corrected chi connectivity index (χ2v) is 6.82. The first kappa shape index (κ1) is 17.9. The van der Waals surface area contributed by atoms with E-state index in [0.29, 0.717) is 17.4 Å². The summed E-state index contributed by atoms with van der Waals surface area (Å²) < 4.78 is 5.21. The van der Waals surface area contributed by atoms with E-state index < -0.39 is 0 Å². The molecule has 0 radical (unpaired) electrons. The van der Waals surface area contributed by atoms with Crippen LogP contribution in [-0.2, 0) is 4.74 Å². The lowest BCUT2D eigenvalue weighted by molar-refractivity contribution is 0.153. The highest BCUT2D eigenvalue weighted by atomic mass is 16.5. The predicted molar refractivity (Wildman–Crippen MR) is 81.0 cm³/mol. The van der Waals surface area contributed by atoms with Gasteiger partial charge in [-0.2, -0.15) is 0 Å². The van der Waals surface area contributed by atoms with Crippen molar-refractivity contribution in [1.82, 2.24) is 5.32 Å². The zero-order chi connectivity index (χ0) is 14.2. The quantitative estimate of drug-likeness (QED) is 0.671. The van der Waals surface area contributed by atoms with Crippen molar-refractivity contribution in [2.24, 2.45) is 17.3 Å². The molecule has 0 fully saturated rings. The molecular formula is C16H35NO. The Bertz CT molecular complexity index is 198. The van der Waals surface area contributed by atoms with E-state index in [2.05, 4.69) is 46.9 Å². The molecule has 0 spiro atoms. The number of hydrogen-bond acceptors (Lipinski definition) is 2. The third-order valence-electron chi connectivity index (χ3n) is 4.21. The monoisotopic (exact) mass is 257 g/mol. The van der Waals surface area contributed by atoms with Gasteiger partial charge in [-0.05, 0) is 43.1 Å². The van der Waals surface area contributed by atoms with Gasteiger partial charge in [0, 0.05) is 19.8 Å². The molecule has 0 aromatic carbocycles. The molecular weight excluding hydrogens is 222 g/mol. The van der Waals surface area contributed by atoms with Crippen LogP contribution in [0, 0.1) is 17.3 Å². The van der Waals surface area contributed by atoms with Crippen molar-refractivity contribution in [3.63, 3.8) is 0 Å². The van der Waals surface area contributed by atoms with Gasteiger partial charge in [0.1, 0.15) is 0 Å². The molecule has 2 nitrogen and oxygen atoms in total. The van der Waals surface area contributed by atoms with Crippen molar-refractivity contribution in [3.05, 3.63) is 0 Å². The van der Waals surface area contributed by atoms with E-state index in [9.17, 15) is 0 Å². The van der Waals surface area contributed by atoms with Gasteiger partial charge in [0.05, 0.1) is 0 Å². The van der Waals surface area contributed by atoms with Crippen LogP contribution < -0.4 is 5.32 Å². The van der Waals surface area contributed by atoms with Gasteiger partial charge in [0.2, 0.25) is 0 Å². The van der Waals surface area contributed by atoms with Gasteiger partial charge in [-0.25, -0.2) is 0 Å². The van der Waals surface area contributed by atoms with Gasteiger partial charge in [-0.15, -0.1) is 0 Å². The second-order valence-electron chi connectivity index (χ2n) is 6.82. The van der Waals surface area contributed by atoms with E-state index in [-0.39, 0.29) is 0 Å². The molecule has 2 heteroatoms. The Morgan fingerprint density at radius 3 is 2.22 bits per heavy atom. The number of nitrogens with one attached hydrogen (secondary N) is 1. The molecule has 0 aromatic rings. The Kier molecular flexibility index (Phi) is 8.89. The summed E-state index contributed by atoms with van der Waals surface area (Å²) in [7, 11) is 1.79. The van der Waals surface area contributed by atoms with Crippen LogP contribution in [0.15, 0.2) is 0 Å². The number of rotatable bonds is 9. The van der Waals surface area contributed by atoms with Crippen LogP contribution in [0.25, 0.3) is 0 Å². The van der Waals surface area contributed by atoms with Crippen LogP contribution in [0.2, 0.25) is 0 Å². The standard InChI is InChI=1S/C16H35NO/c1-8-10-17-15(13(2)9-11-18-7)12-14(3)16(4,5)6/h13-15,17H,8-12H2,1-7H3. The highest BCUT2D eigenvalue weighted by Crippen LogP contribution is 2.31. The van der Waals surface area contributed by atoms with Crippen LogP contribution in [0.5, 0.6) is 0 Å². The normalized spacial score (nSPS) is 17.5. The van der Waals surface area contributed by atoms with E-state index in [4.69, 9.17) is 4.74 Å². The summed E-state index contributed by atoms with van der Waals surface area (Å²) in [5.41, 5.74) is 0.396.